The Morgan fingerprint density at radius 3 is 2.30 bits per heavy atom. The molecule has 112 valence electrons. The van der Waals surface area contributed by atoms with Crippen molar-refractivity contribution in [3.05, 3.63) is 29.8 Å². The molecule has 2 rings (SSSR count). The van der Waals surface area contributed by atoms with Gasteiger partial charge in [-0.2, -0.15) is 0 Å². The Bertz CT molecular complexity index is 387. The molecule has 1 aliphatic carbocycles. The van der Waals surface area contributed by atoms with E-state index in [2.05, 4.69) is 60.7 Å². The van der Waals surface area contributed by atoms with Crippen LogP contribution in [0.3, 0.4) is 0 Å². The second kappa shape index (κ2) is 7.67. The number of alkyl halides is 1. The fourth-order valence-electron chi connectivity index (χ4n) is 3.29. The predicted octanol–water partition coefficient (Wildman–Crippen LogP) is 6.45. The number of hydrogen-bond donors (Lipinski definition) is 0. The first kappa shape index (κ1) is 16.1. The summed E-state index contributed by atoms with van der Waals surface area (Å²) in [4.78, 5) is 0. The highest BCUT2D eigenvalue weighted by Gasteiger charge is 2.33. The highest BCUT2D eigenvalue weighted by Crippen LogP contribution is 2.37. The van der Waals surface area contributed by atoms with Crippen molar-refractivity contribution in [2.75, 3.05) is 0 Å². The monoisotopic (exact) mass is 386 g/mol. The minimum Gasteiger partial charge on any atom is -0.487 e. The summed E-state index contributed by atoms with van der Waals surface area (Å²) in [7, 11) is 0. The third-order valence-electron chi connectivity index (χ3n) is 4.40. The lowest BCUT2D eigenvalue weighted by Crippen LogP contribution is -2.38. The summed E-state index contributed by atoms with van der Waals surface area (Å²) in [6.07, 6.45) is 10.1. The van der Waals surface area contributed by atoms with Crippen molar-refractivity contribution in [1.82, 2.24) is 0 Å². The van der Waals surface area contributed by atoms with Crippen LogP contribution in [0.25, 0.3) is 0 Å². The molecule has 1 aliphatic rings. The molecule has 1 nitrogen and oxygen atoms in total. The van der Waals surface area contributed by atoms with Gasteiger partial charge in [0.15, 0.2) is 0 Å². The van der Waals surface area contributed by atoms with Crippen molar-refractivity contribution in [3.8, 4) is 5.75 Å². The Kier molecular flexibility index (Phi) is 6.19. The van der Waals surface area contributed by atoms with Crippen LogP contribution < -0.4 is 4.74 Å². The normalized spacial score (nSPS) is 19.6. The zero-order chi connectivity index (χ0) is 14.4. The van der Waals surface area contributed by atoms with Gasteiger partial charge in [-0.1, -0.05) is 61.4 Å². The van der Waals surface area contributed by atoms with E-state index in [1.54, 1.807) is 0 Å². The zero-order valence-corrected chi connectivity index (χ0v) is 15.0. The van der Waals surface area contributed by atoms with Crippen LogP contribution in [0.15, 0.2) is 24.3 Å². The molecule has 0 heterocycles. The highest BCUT2D eigenvalue weighted by atomic mass is 127. The average Bonchev–Trinajstić information content (AvgIpc) is 2.48. The molecule has 1 fully saturated rings. The van der Waals surface area contributed by atoms with Gasteiger partial charge < -0.3 is 4.74 Å². The third-order valence-corrected chi connectivity index (χ3v) is 6.00. The lowest BCUT2D eigenvalue weighted by molar-refractivity contribution is 0.0213. The SMILES string of the molecule is CCCC1(Oc2ccc(C(I)CC)cc2)CCCCC1. The molecule has 1 aromatic carbocycles. The molecule has 1 aromatic rings. The Morgan fingerprint density at radius 2 is 1.75 bits per heavy atom. The van der Waals surface area contributed by atoms with Gasteiger partial charge in [0.2, 0.25) is 0 Å². The molecule has 0 bridgehead atoms. The molecule has 20 heavy (non-hydrogen) atoms. The standard InChI is InChI=1S/C18H27IO/c1-3-12-18(13-6-5-7-14-18)20-16-10-8-15(9-11-16)17(19)4-2/h8-11,17H,3-7,12-14H2,1-2H3. The van der Waals surface area contributed by atoms with Crippen molar-refractivity contribution in [3.63, 3.8) is 0 Å². The van der Waals surface area contributed by atoms with Gasteiger partial charge in [0.05, 0.1) is 0 Å². The number of benzene rings is 1. The van der Waals surface area contributed by atoms with Crippen LogP contribution >= 0.6 is 22.6 Å². The van der Waals surface area contributed by atoms with Gasteiger partial charge in [-0.25, -0.2) is 0 Å². The fraction of sp³-hybridized carbons (Fsp3) is 0.667. The minimum absolute atomic E-state index is 0.114. The molecule has 2 heteroatoms. The van der Waals surface area contributed by atoms with Crippen LogP contribution in [0.5, 0.6) is 5.75 Å². The first-order chi connectivity index (χ1) is 9.69. The summed E-state index contributed by atoms with van der Waals surface area (Å²) in [5.41, 5.74) is 1.52. The van der Waals surface area contributed by atoms with Gasteiger partial charge in [-0.15, -0.1) is 0 Å². The van der Waals surface area contributed by atoms with Crippen LogP contribution in [-0.2, 0) is 0 Å². The molecule has 0 aromatic heterocycles. The van der Waals surface area contributed by atoms with Crippen molar-refractivity contribution in [1.29, 1.82) is 0 Å². The van der Waals surface area contributed by atoms with Gasteiger partial charge in [0, 0.05) is 3.92 Å². The summed E-state index contributed by atoms with van der Waals surface area (Å²) in [6, 6.07) is 8.81. The third kappa shape index (κ3) is 4.12. The van der Waals surface area contributed by atoms with Crippen molar-refractivity contribution < 1.29 is 4.74 Å². The maximum atomic E-state index is 6.45. The number of ether oxygens (including phenoxy) is 1. The van der Waals surface area contributed by atoms with Crippen LogP contribution in [-0.4, -0.2) is 5.60 Å². The molecule has 0 amide bonds. The van der Waals surface area contributed by atoms with Gasteiger partial charge in [0.1, 0.15) is 11.4 Å². The fourth-order valence-corrected chi connectivity index (χ4v) is 3.70. The molecule has 1 saturated carbocycles. The van der Waals surface area contributed by atoms with E-state index in [0.29, 0.717) is 3.92 Å². The summed E-state index contributed by atoms with van der Waals surface area (Å²) >= 11 is 2.51. The van der Waals surface area contributed by atoms with Crippen LogP contribution in [0.4, 0.5) is 0 Å². The van der Waals surface area contributed by atoms with Crippen molar-refractivity contribution >= 4 is 22.6 Å². The van der Waals surface area contributed by atoms with Crippen molar-refractivity contribution in [2.24, 2.45) is 0 Å². The summed E-state index contributed by atoms with van der Waals surface area (Å²) in [6.45, 7) is 4.50. The molecule has 1 unspecified atom stereocenters. The molecular formula is C18H27IO. The summed E-state index contributed by atoms with van der Waals surface area (Å²) in [5.74, 6) is 1.06. The highest BCUT2D eigenvalue weighted by molar-refractivity contribution is 14.1. The van der Waals surface area contributed by atoms with Gasteiger partial charge in [-0.05, 0) is 56.2 Å². The number of rotatable bonds is 6. The first-order valence-electron chi connectivity index (χ1n) is 8.12. The molecule has 1 atom stereocenters. The van der Waals surface area contributed by atoms with E-state index in [4.69, 9.17) is 4.74 Å². The first-order valence-corrected chi connectivity index (χ1v) is 9.37. The zero-order valence-electron chi connectivity index (χ0n) is 12.8. The van der Waals surface area contributed by atoms with E-state index >= 15 is 0 Å². The molecule has 0 aliphatic heterocycles. The predicted molar refractivity (Wildman–Crippen MR) is 94.8 cm³/mol. The van der Waals surface area contributed by atoms with Gasteiger partial charge >= 0.3 is 0 Å². The Morgan fingerprint density at radius 1 is 1.10 bits per heavy atom. The maximum Gasteiger partial charge on any atom is 0.120 e. The second-order valence-corrected chi connectivity index (χ2v) is 7.54. The van der Waals surface area contributed by atoms with Gasteiger partial charge in [0.25, 0.3) is 0 Å². The van der Waals surface area contributed by atoms with E-state index < -0.39 is 0 Å². The molecule has 0 N–H and O–H groups in total. The largest absolute Gasteiger partial charge is 0.487 e. The van der Waals surface area contributed by atoms with Crippen molar-refractivity contribution in [2.45, 2.75) is 74.7 Å². The number of halogens is 1. The van der Waals surface area contributed by atoms with Crippen LogP contribution in [0.1, 0.15) is 74.7 Å². The van der Waals surface area contributed by atoms with Gasteiger partial charge in [-0.3, -0.25) is 0 Å². The molecule has 0 saturated heterocycles. The maximum absolute atomic E-state index is 6.45. The lowest BCUT2D eigenvalue weighted by atomic mass is 9.81. The van der Waals surface area contributed by atoms with E-state index in [1.807, 2.05) is 0 Å². The summed E-state index contributed by atoms with van der Waals surface area (Å²) in [5, 5.41) is 0. The molecule has 0 radical (unpaired) electrons. The average molecular weight is 386 g/mol. The Labute approximate surface area is 137 Å². The second-order valence-electron chi connectivity index (χ2n) is 6.04. The quantitative estimate of drug-likeness (QED) is 0.403. The van der Waals surface area contributed by atoms with E-state index in [9.17, 15) is 0 Å². The summed E-state index contributed by atoms with van der Waals surface area (Å²) < 4.78 is 7.06. The van der Waals surface area contributed by atoms with Crippen LogP contribution in [0.2, 0.25) is 0 Å². The minimum atomic E-state index is 0.114. The topological polar surface area (TPSA) is 9.23 Å². The van der Waals surface area contributed by atoms with E-state index in [-0.39, 0.29) is 5.60 Å². The molecular weight excluding hydrogens is 359 g/mol. The number of hydrogen-bond acceptors (Lipinski definition) is 1. The smallest absolute Gasteiger partial charge is 0.120 e. The van der Waals surface area contributed by atoms with Crippen LogP contribution in [0, 0.1) is 0 Å². The van der Waals surface area contributed by atoms with E-state index in [0.717, 1.165) is 5.75 Å². The Hall–Kier alpha value is -0.250. The Balaban J connectivity index is 2.06. The molecule has 0 spiro atoms. The van der Waals surface area contributed by atoms with E-state index in [1.165, 1.54) is 56.9 Å². The lowest BCUT2D eigenvalue weighted by Gasteiger charge is -2.37.